The van der Waals surface area contributed by atoms with Gasteiger partial charge in [-0.2, -0.15) is 0 Å². The number of aromatic nitrogens is 2. The van der Waals surface area contributed by atoms with Crippen molar-refractivity contribution in [3.8, 4) is 0 Å². The fraction of sp³-hybridized carbons (Fsp3) is 0.545. The minimum atomic E-state index is -0.147. The van der Waals surface area contributed by atoms with Crippen molar-refractivity contribution in [2.24, 2.45) is 0 Å². The van der Waals surface area contributed by atoms with Gasteiger partial charge >= 0.3 is 0 Å². The zero-order chi connectivity index (χ0) is 12.7. The summed E-state index contributed by atoms with van der Waals surface area (Å²) in [5.41, 5.74) is 0. The van der Waals surface area contributed by atoms with Crippen LogP contribution in [-0.4, -0.2) is 48.2 Å². The van der Waals surface area contributed by atoms with Gasteiger partial charge in [0.1, 0.15) is 5.82 Å². The van der Waals surface area contributed by atoms with Crippen molar-refractivity contribution in [1.29, 1.82) is 0 Å². The van der Waals surface area contributed by atoms with Crippen molar-refractivity contribution >= 4 is 17.5 Å². The molecule has 6 nitrogen and oxygen atoms in total. The van der Waals surface area contributed by atoms with Crippen LogP contribution in [0.15, 0.2) is 12.1 Å². The SMILES string of the molecule is CC(=O)Nc1ccc(NCCCN(C)C)nn1. The lowest BCUT2D eigenvalue weighted by atomic mass is 10.4. The third-order valence-electron chi connectivity index (χ3n) is 2.06. The summed E-state index contributed by atoms with van der Waals surface area (Å²) in [7, 11) is 4.09. The first kappa shape index (κ1) is 13.4. The van der Waals surface area contributed by atoms with Crippen LogP contribution in [0.1, 0.15) is 13.3 Å². The summed E-state index contributed by atoms with van der Waals surface area (Å²) in [6.07, 6.45) is 1.04. The number of rotatable bonds is 6. The smallest absolute Gasteiger partial charge is 0.222 e. The molecule has 0 radical (unpaired) electrons. The molecule has 1 aromatic heterocycles. The van der Waals surface area contributed by atoms with Gasteiger partial charge in [0.2, 0.25) is 5.91 Å². The summed E-state index contributed by atoms with van der Waals surface area (Å²) in [5, 5.41) is 13.6. The highest BCUT2D eigenvalue weighted by Crippen LogP contribution is 2.05. The molecule has 2 N–H and O–H groups in total. The maximum Gasteiger partial charge on any atom is 0.222 e. The first-order valence-corrected chi connectivity index (χ1v) is 5.58. The lowest BCUT2D eigenvalue weighted by molar-refractivity contribution is -0.114. The molecule has 0 fully saturated rings. The Morgan fingerprint density at radius 3 is 2.47 bits per heavy atom. The maximum absolute atomic E-state index is 10.8. The summed E-state index contributed by atoms with van der Waals surface area (Å²) >= 11 is 0. The van der Waals surface area contributed by atoms with E-state index in [1.807, 2.05) is 14.1 Å². The van der Waals surface area contributed by atoms with Crippen molar-refractivity contribution in [2.75, 3.05) is 37.8 Å². The fourth-order valence-electron chi connectivity index (χ4n) is 1.29. The minimum Gasteiger partial charge on any atom is -0.369 e. The molecular formula is C11H19N5O. The molecule has 1 rings (SSSR count). The van der Waals surface area contributed by atoms with Crippen LogP contribution in [0.2, 0.25) is 0 Å². The Morgan fingerprint density at radius 1 is 1.29 bits per heavy atom. The van der Waals surface area contributed by atoms with E-state index in [0.29, 0.717) is 5.82 Å². The molecule has 6 heteroatoms. The predicted octanol–water partition coefficient (Wildman–Crippen LogP) is 0.799. The second-order valence-electron chi connectivity index (χ2n) is 4.07. The summed E-state index contributed by atoms with van der Waals surface area (Å²) < 4.78 is 0. The zero-order valence-corrected chi connectivity index (χ0v) is 10.5. The van der Waals surface area contributed by atoms with Gasteiger partial charge in [0, 0.05) is 13.5 Å². The molecule has 0 saturated carbocycles. The van der Waals surface area contributed by atoms with E-state index in [-0.39, 0.29) is 5.91 Å². The molecule has 0 aliphatic heterocycles. The van der Waals surface area contributed by atoms with Gasteiger partial charge in [0.25, 0.3) is 0 Å². The molecule has 1 amide bonds. The standard InChI is InChI=1S/C11H19N5O/c1-9(17)13-11-6-5-10(14-15-11)12-7-4-8-16(2)3/h5-6H,4,7-8H2,1-3H3,(H,12,14)(H,13,15,17). The van der Waals surface area contributed by atoms with Gasteiger partial charge in [-0.3, -0.25) is 4.79 Å². The molecule has 1 aromatic rings. The molecule has 1 heterocycles. The Hall–Kier alpha value is -1.69. The van der Waals surface area contributed by atoms with Gasteiger partial charge in [-0.1, -0.05) is 0 Å². The molecule has 17 heavy (non-hydrogen) atoms. The largest absolute Gasteiger partial charge is 0.369 e. The van der Waals surface area contributed by atoms with E-state index < -0.39 is 0 Å². The number of nitrogens with zero attached hydrogens (tertiary/aromatic N) is 3. The third-order valence-corrected chi connectivity index (χ3v) is 2.06. The minimum absolute atomic E-state index is 0.147. The summed E-state index contributed by atoms with van der Waals surface area (Å²) in [4.78, 5) is 12.9. The Balaban J connectivity index is 2.32. The van der Waals surface area contributed by atoms with Crippen LogP contribution >= 0.6 is 0 Å². The Labute approximate surface area is 101 Å². The molecule has 0 aromatic carbocycles. The normalized spacial score (nSPS) is 10.4. The van der Waals surface area contributed by atoms with Gasteiger partial charge in [0.05, 0.1) is 0 Å². The van der Waals surface area contributed by atoms with Crippen molar-refractivity contribution < 1.29 is 4.79 Å². The van der Waals surface area contributed by atoms with E-state index in [1.54, 1.807) is 12.1 Å². The summed E-state index contributed by atoms with van der Waals surface area (Å²) in [6, 6.07) is 3.52. The predicted molar refractivity (Wildman–Crippen MR) is 68.0 cm³/mol. The van der Waals surface area contributed by atoms with E-state index >= 15 is 0 Å². The first-order valence-electron chi connectivity index (χ1n) is 5.58. The number of nitrogens with one attached hydrogen (secondary N) is 2. The number of anilines is 2. The average molecular weight is 237 g/mol. The van der Waals surface area contributed by atoms with Crippen LogP contribution in [-0.2, 0) is 4.79 Å². The van der Waals surface area contributed by atoms with E-state index in [9.17, 15) is 4.79 Å². The van der Waals surface area contributed by atoms with Gasteiger partial charge in [-0.15, -0.1) is 10.2 Å². The molecule has 94 valence electrons. The van der Waals surface area contributed by atoms with E-state index in [0.717, 1.165) is 25.3 Å². The van der Waals surface area contributed by atoms with Gasteiger partial charge in [-0.05, 0) is 39.2 Å². The Bertz CT molecular complexity index is 349. The van der Waals surface area contributed by atoms with E-state index in [4.69, 9.17) is 0 Å². The quantitative estimate of drug-likeness (QED) is 0.716. The van der Waals surface area contributed by atoms with Crippen molar-refractivity contribution in [2.45, 2.75) is 13.3 Å². The molecule has 0 aliphatic rings. The molecule has 0 spiro atoms. The molecule has 0 unspecified atom stereocenters. The second kappa shape index (κ2) is 6.80. The molecule has 0 bridgehead atoms. The Kier molecular flexibility index (Phi) is 5.35. The highest BCUT2D eigenvalue weighted by atomic mass is 16.1. The maximum atomic E-state index is 10.8. The fourth-order valence-corrected chi connectivity index (χ4v) is 1.29. The highest BCUT2D eigenvalue weighted by molar-refractivity contribution is 5.87. The molecule has 0 saturated heterocycles. The number of carbonyl (C=O) groups excluding carboxylic acids is 1. The number of hydrogen-bond acceptors (Lipinski definition) is 5. The monoisotopic (exact) mass is 237 g/mol. The van der Waals surface area contributed by atoms with Crippen LogP contribution in [0.3, 0.4) is 0 Å². The third kappa shape index (κ3) is 5.82. The average Bonchev–Trinajstić information content (AvgIpc) is 2.25. The molecule has 0 atom stereocenters. The first-order chi connectivity index (χ1) is 8.08. The highest BCUT2D eigenvalue weighted by Gasteiger charge is 1.99. The van der Waals surface area contributed by atoms with Crippen LogP contribution < -0.4 is 10.6 Å². The zero-order valence-electron chi connectivity index (χ0n) is 10.5. The van der Waals surface area contributed by atoms with Crippen LogP contribution in [0, 0.1) is 0 Å². The summed E-state index contributed by atoms with van der Waals surface area (Å²) in [5.74, 6) is 1.04. The van der Waals surface area contributed by atoms with E-state index in [2.05, 4.69) is 25.7 Å². The van der Waals surface area contributed by atoms with Crippen LogP contribution in [0.5, 0.6) is 0 Å². The number of hydrogen-bond donors (Lipinski definition) is 2. The summed E-state index contributed by atoms with van der Waals surface area (Å²) in [6.45, 7) is 3.33. The van der Waals surface area contributed by atoms with Crippen LogP contribution in [0.4, 0.5) is 11.6 Å². The van der Waals surface area contributed by atoms with Gasteiger partial charge in [-0.25, -0.2) is 0 Å². The number of carbonyl (C=O) groups is 1. The van der Waals surface area contributed by atoms with Crippen molar-refractivity contribution in [3.63, 3.8) is 0 Å². The topological polar surface area (TPSA) is 70.2 Å². The molecular weight excluding hydrogens is 218 g/mol. The van der Waals surface area contributed by atoms with Crippen molar-refractivity contribution in [3.05, 3.63) is 12.1 Å². The molecule has 0 aliphatic carbocycles. The Morgan fingerprint density at radius 2 is 1.94 bits per heavy atom. The van der Waals surface area contributed by atoms with Crippen molar-refractivity contribution in [1.82, 2.24) is 15.1 Å². The number of amides is 1. The lowest BCUT2D eigenvalue weighted by Gasteiger charge is -2.10. The second-order valence-corrected chi connectivity index (χ2v) is 4.07. The van der Waals surface area contributed by atoms with Crippen LogP contribution in [0.25, 0.3) is 0 Å². The van der Waals surface area contributed by atoms with Gasteiger partial charge < -0.3 is 15.5 Å². The van der Waals surface area contributed by atoms with E-state index in [1.165, 1.54) is 6.92 Å². The lowest BCUT2D eigenvalue weighted by Crippen LogP contribution is -2.16. The van der Waals surface area contributed by atoms with Gasteiger partial charge in [0.15, 0.2) is 5.82 Å².